The van der Waals surface area contributed by atoms with Crippen LogP contribution >= 0.6 is 31.9 Å². The number of halogens is 2. The van der Waals surface area contributed by atoms with Crippen LogP contribution in [0.1, 0.15) is 40.0 Å². The summed E-state index contributed by atoms with van der Waals surface area (Å²) in [4.78, 5) is 0. The van der Waals surface area contributed by atoms with Crippen LogP contribution in [0.25, 0.3) is 0 Å². The van der Waals surface area contributed by atoms with E-state index < -0.39 is 0 Å². The maximum absolute atomic E-state index is 3.79. The Kier molecular flexibility index (Phi) is 2.40. The van der Waals surface area contributed by atoms with E-state index in [0.29, 0.717) is 8.65 Å². The number of hydrogen-bond acceptors (Lipinski definition) is 0. The second-order valence-corrected chi connectivity index (χ2v) is 9.45. The van der Waals surface area contributed by atoms with Crippen LogP contribution in [-0.4, -0.2) is 3.23 Å². The highest BCUT2D eigenvalue weighted by atomic mass is 79.9. The van der Waals surface area contributed by atoms with Gasteiger partial charge in [-0.3, -0.25) is 0 Å². The minimum atomic E-state index is 0.319. The number of rotatable bonds is 0. The summed E-state index contributed by atoms with van der Waals surface area (Å²) >= 11 is 7.58. The van der Waals surface area contributed by atoms with Crippen LogP contribution in [0.15, 0.2) is 0 Å². The molecule has 3 atom stereocenters. The summed E-state index contributed by atoms with van der Waals surface area (Å²) < 4.78 is 0.319. The molecular weight excluding hydrogens is 292 g/mol. The molecule has 0 N–H and O–H groups in total. The Morgan fingerprint density at radius 1 is 1.08 bits per heavy atom. The zero-order valence-electron chi connectivity index (χ0n) is 8.61. The summed E-state index contributed by atoms with van der Waals surface area (Å²) in [5.41, 5.74) is 0.504. The van der Waals surface area contributed by atoms with Gasteiger partial charge in [-0.2, -0.15) is 0 Å². The van der Waals surface area contributed by atoms with Crippen LogP contribution in [0.3, 0.4) is 0 Å². The maximum Gasteiger partial charge on any atom is 0.0868 e. The monoisotopic (exact) mass is 308 g/mol. The van der Waals surface area contributed by atoms with E-state index in [1.54, 1.807) is 0 Å². The maximum atomic E-state index is 3.79. The van der Waals surface area contributed by atoms with Gasteiger partial charge in [0, 0.05) is 0 Å². The van der Waals surface area contributed by atoms with Crippen molar-refractivity contribution < 1.29 is 0 Å². The zero-order valence-corrected chi connectivity index (χ0v) is 11.8. The molecule has 0 aromatic rings. The van der Waals surface area contributed by atoms with E-state index in [2.05, 4.69) is 52.6 Å². The van der Waals surface area contributed by atoms with Gasteiger partial charge >= 0.3 is 0 Å². The fraction of sp³-hybridized carbons (Fsp3) is 1.00. The lowest BCUT2D eigenvalue weighted by Crippen LogP contribution is -2.23. The minimum absolute atomic E-state index is 0.319. The fourth-order valence-corrected chi connectivity index (χ4v) is 4.61. The first-order valence-electron chi connectivity index (χ1n) is 5.21. The Hall–Kier alpha value is 0.960. The first-order chi connectivity index (χ1) is 5.83. The Morgan fingerprint density at radius 2 is 1.69 bits per heavy atom. The zero-order chi connectivity index (χ0) is 9.85. The highest BCUT2D eigenvalue weighted by molar-refractivity contribution is 9.25. The van der Waals surface area contributed by atoms with Crippen LogP contribution < -0.4 is 0 Å². The van der Waals surface area contributed by atoms with E-state index in [-0.39, 0.29) is 0 Å². The Balaban J connectivity index is 2.01. The molecule has 2 heteroatoms. The SMILES string of the molecule is CC(C)(C)[C@@H]1CC[C@H]2[C@H](C1)C2(Br)Br. The molecule has 2 saturated carbocycles. The van der Waals surface area contributed by atoms with Crippen molar-refractivity contribution in [1.82, 2.24) is 0 Å². The van der Waals surface area contributed by atoms with Crippen molar-refractivity contribution in [3.05, 3.63) is 0 Å². The average molecular weight is 310 g/mol. The summed E-state index contributed by atoms with van der Waals surface area (Å²) in [6.07, 6.45) is 4.23. The van der Waals surface area contributed by atoms with Crippen LogP contribution in [0.5, 0.6) is 0 Å². The second kappa shape index (κ2) is 2.98. The van der Waals surface area contributed by atoms with E-state index in [1.807, 2.05) is 0 Å². The standard InChI is InChI=1S/C11H18Br2/c1-10(2,3)7-4-5-8-9(6-7)11(8,12)13/h7-9H,4-6H2,1-3H3/t7-,8+,9+/m1/s1. The third-order valence-corrected chi connectivity index (χ3v) is 6.31. The number of alkyl halides is 2. The molecule has 0 bridgehead atoms. The molecule has 0 aromatic heterocycles. The molecule has 13 heavy (non-hydrogen) atoms. The smallest absolute Gasteiger partial charge is 0.0721 e. The summed E-state index contributed by atoms with van der Waals surface area (Å²) in [6.45, 7) is 7.14. The molecule has 0 unspecified atom stereocenters. The molecule has 2 rings (SSSR count). The molecule has 0 amide bonds. The normalized spacial score (nSPS) is 42.7. The van der Waals surface area contributed by atoms with Crippen molar-refractivity contribution in [1.29, 1.82) is 0 Å². The van der Waals surface area contributed by atoms with E-state index in [4.69, 9.17) is 0 Å². The molecule has 0 radical (unpaired) electrons. The van der Waals surface area contributed by atoms with Crippen molar-refractivity contribution >= 4 is 31.9 Å². The van der Waals surface area contributed by atoms with Gasteiger partial charge in [0.15, 0.2) is 0 Å². The van der Waals surface area contributed by atoms with Crippen molar-refractivity contribution in [3.8, 4) is 0 Å². The van der Waals surface area contributed by atoms with E-state index in [0.717, 1.165) is 17.8 Å². The third-order valence-electron chi connectivity index (χ3n) is 3.95. The Morgan fingerprint density at radius 3 is 2.15 bits per heavy atom. The van der Waals surface area contributed by atoms with Gasteiger partial charge in [-0.1, -0.05) is 52.6 Å². The molecular formula is C11H18Br2. The largest absolute Gasteiger partial charge is 0.0868 e. The third kappa shape index (κ3) is 1.73. The van der Waals surface area contributed by atoms with Gasteiger partial charge in [0.25, 0.3) is 0 Å². The van der Waals surface area contributed by atoms with Gasteiger partial charge in [-0.25, -0.2) is 0 Å². The van der Waals surface area contributed by atoms with E-state index in [9.17, 15) is 0 Å². The van der Waals surface area contributed by atoms with Crippen LogP contribution in [0.2, 0.25) is 0 Å². The summed E-state index contributed by atoms with van der Waals surface area (Å²) in [6, 6.07) is 0. The molecule has 2 fully saturated rings. The van der Waals surface area contributed by atoms with Gasteiger partial charge in [0.1, 0.15) is 0 Å². The quantitative estimate of drug-likeness (QED) is 0.575. The molecule has 0 heterocycles. The van der Waals surface area contributed by atoms with Crippen LogP contribution in [-0.2, 0) is 0 Å². The molecule has 0 spiro atoms. The summed E-state index contributed by atoms with van der Waals surface area (Å²) in [5.74, 6) is 2.72. The van der Waals surface area contributed by atoms with Gasteiger partial charge in [0.2, 0.25) is 0 Å². The number of fused-ring (bicyclic) bond motifs is 1. The molecule has 0 saturated heterocycles. The minimum Gasteiger partial charge on any atom is -0.0721 e. The molecule has 76 valence electrons. The van der Waals surface area contributed by atoms with Crippen LogP contribution in [0.4, 0.5) is 0 Å². The van der Waals surface area contributed by atoms with Crippen molar-refractivity contribution in [2.24, 2.45) is 23.2 Å². The fourth-order valence-electron chi connectivity index (χ4n) is 2.77. The predicted octanol–water partition coefficient (Wildman–Crippen LogP) is 4.56. The highest BCUT2D eigenvalue weighted by Crippen LogP contribution is 2.69. The lowest BCUT2D eigenvalue weighted by Gasteiger charge is -2.33. The molecule has 2 aliphatic rings. The van der Waals surface area contributed by atoms with Gasteiger partial charge in [-0.05, 0) is 42.4 Å². The van der Waals surface area contributed by atoms with Crippen molar-refractivity contribution in [2.75, 3.05) is 0 Å². The molecule has 0 aromatic carbocycles. The van der Waals surface area contributed by atoms with Crippen LogP contribution in [0, 0.1) is 23.2 Å². The summed E-state index contributed by atoms with van der Waals surface area (Å²) in [5, 5.41) is 0. The predicted molar refractivity (Wildman–Crippen MR) is 64.4 cm³/mol. The van der Waals surface area contributed by atoms with Gasteiger partial charge < -0.3 is 0 Å². The molecule has 0 nitrogen and oxygen atoms in total. The Labute approximate surface area is 98.1 Å². The second-order valence-electron chi connectivity index (χ2n) is 5.76. The highest BCUT2D eigenvalue weighted by Gasteiger charge is 2.63. The van der Waals surface area contributed by atoms with E-state index in [1.165, 1.54) is 19.3 Å². The van der Waals surface area contributed by atoms with Gasteiger partial charge in [0.05, 0.1) is 3.23 Å². The summed E-state index contributed by atoms with van der Waals surface area (Å²) in [7, 11) is 0. The van der Waals surface area contributed by atoms with Crippen molar-refractivity contribution in [3.63, 3.8) is 0 Å². The van der Waals surface area contributed by atoms with E-state index >= 15 is 0 Å². The molecule has 2 aliphatic carbocycles. The van der Waals surface area contributed by atoms with Gasteiger partial charge in [-0.15, -0.1) is 0 Å². The lowest BCUT2D eigenvalue weighted by molar-refractivity contribution is 0.173. The number of hydrogen-bond donors (Lipinski definition) is 0. The first kappa shape index (κ1) is 10.5. The van der Waals surface area contributed by atoms with Crippen molar-refractivity contribution in [2.45, 2.75) is 43.3 Å². The topological polar surface area (TPSA) is 0 Å². The first-order valence-corrected chi connectivity index (χ1v) is 6.80. The lowest BCUT2D eigenvalue weighted by atomic mass is 9.72. The molecule has 0 aliphatic heterocycles. The Bertz CT molecular complexity index is 215. The average Bonchev–Trinajstić information content (AvgIpc) is 2.53.